The van der Waals surface area contributed by atoms with Gasteiger partial charge in [0.05, 0.1) is 12.0 Å². The minimum Gasteiger partial charge on any atom is -0.458 e. The van der Waals surface area contributed by atoms with Crippen molar-refractivity contribution in [1.29, 1.82) is 0 Å². The lowest BCUT2D eigenvalue weighted by molar-refractivity contribution is -0.142. The Morgan fingerprint density at radius 1 is 1.39 bits per heavy atom. The fourth-order valence-electron chi connectivity index (χ4n) is 2.73. The van der Waals surface area contributed by atoms with Crippen molar-refractivity contribution in [1.82, 2.24) is 0 Å². The summed E-state index contributed by atoms with van der Waals surface area (Å²) in [6, 6.07) is 0. The van der Waals surface area contributed by atoms with Gasteiger partial charge in [-0.1, -0.05) is 18.6 Å². The second-order valence-corrected chi connectivity index (χ2v) is 5.61. The summed E-state index contributed by atoms with van der Waals surface area (Å²) < 4.78 is 5.42. The molecule has 1 heterocycles. The third-order valence-electron chi connectivity index (χ3n) is 4.20. The fraction of sp³-hybridized carbons (Fsp3) is 0.667. The summed E-state index contributed by atoms with van der Waals surface area (Å²) >= 11 is 0. The molecule has 1 aliphatic carbocycles. The summed E-state index contributed by atoms with van der Waals surface area (Å²) in [6.07, 6.45) is 6.01. The number of allylic oxidation sites excluding steroid dienone is 1. The molecule has 0 saturated carbocycles. The third kappa shape index (κ3) is 2.66. The van der Waals surface area contributed by atoms with E-state index in [-0.39, 0.29) is 23.9 Å². The smallest absolute Gasteiger partial charge is 0.309 e. The van der Waals surface area contributed by atoms with Crippen LogP contribution in [0, 0.1) is 11.8 Å². The highest BCUT2D eigenvalue weighted by Crippen LogP contribution is 2.35. The molecule has 1 saturated heterocycles. The van der Waals surface area contributed by atoms with Crippen LogP contribution in [0.1, 0.15) is 40.0 Å². The van der Waals surface area contributed by atoms with Crippen LogP contribution in [0.4, 0.5) is 0 Å². The fourth-order valence-corrected chi connectivity index (χ4v) is 2.73. The lowest BCUT2D eigenvalue weighted by atomic mass is 9.84. The summed E-state index contributed by atoms with van der Waals surface area (Å²) in [5.74, 6) is 0.0916. The van der Waals surface area contributed by atoms with Gasteiger partial charge in [-0.2, -0.15) is 0 Å². The largest absolute Gasteiger partial charge is 0.458 e. The number of rotatable bonds is 0. The molecular formula is C15H22O3. The number of aliphatic hydroxyl groups excluding tert-OH is 1. The molecule has 0 aromatic heterocycles. The topological polar surface area (TPSA) is 46.5 Å². The lowest BCUT2D eigenvalue weighted by Gasteiger charge is -2.20. The zero-order chi connectivity index (χ0) is 13.3. The van der Waals surface area contributed by atoms with Gasteiger partial charge in [0.25, 0.3) is 0 Å². The number of hydrogen-bond donors (Lipinski definition) is 1. The van der Waals surface area contributed by atoms with Crippen LogP contribution in [-0.4, -0.2) is 23.3 Å². The zero-order valence-electron chi connectivity index (χ0n) is 11.3. The zero-order valence-corrected chi connectivity index (χ0v) is 11.3. The van der Waals surface area contributed by atoms with Gasteiger partial charge in [0.2, 0.25) is 0 Å². The quantitative estimate of drug-likeness (QED) is 0.531. The van der Waals surface area contributed by atoms with Gasteiger partial charge in [0.15, 0.2) is 0 Å². The number of carbonyl (C=O) groups excluding carboxylic acids is 1. The Labute approximate surface area is 109 Å². The molecule has 2 aliphatic rings. The molecule has 0 spiro atoms. The lowest BCUT2D eigenvalue weighted by Crippen LogP contribution is -2.20. The Hall–Kier alpha value is -1.09. The monoisotopic (exact) mass is 250 g/mol. The highest BCUT2D eigenvalue weighted by molar-refractivity contribution is 5.75. The average molecular weight is 250 g/mol. The molecule has 0 aromatic carbocycles. The standard InChI is InChI=1S/C15H22O3/c1-9-4-6-12-11(3)15(17)18-14(12)8-10(2)13(16)7-5-9/h5,8,11-14,16H,4,6-7H2,1-3H3/b9-5+,10-8+/t11-,12+,13+,14+/m0/s1. The van der Waals surface area contributed by atoms with Crippen LogP contribution in [0.3, 0.4) is 0 Å². The van der Waals surface area contributed by atoms with Crippen molar-refractivity contribution >= 4 is 5.97 Å². The second-order valence-electron chi connectivity index (χ2n) is 5.61. The molecule has 18 heavy (non-hydrogen) atoms. The van der Waals surface area contributed by atoms with E-state index in [0.717, 1.165) is 18.4 Å². The van der Waals surface area contributed by atoms with Gasteiger partial charge in [-0.3, -0.25) is 4.79 Å². The Morgan fingerprint density at radius 3 is 2.83 bits per heavy atom. The van der Waals surface area contributed by atoms with E-state index in [9.17, 15) is 9.90 Å². The Balaban J connectivity index is 2.26. The van der Waals surface area contributed by atoms with Gasteiger partial charge in [-0.15, -0.1) is 0 Å². The maximum atomic E-state index is 11.7. The molecule has 0 radical (unpaired) electrons. The predicted molar refractivity (Wildman–Crippen MR) is 69.9 cm³/mol. The van der Waals surface area contributed by atoms with E-state index in [2.05, 4.69) is 13.0 Å². The predicted octanol–water partition coefficient (Wildman–Crippen LogP) is 2.60. The maximum Gasteiger partial charge on any atom is 0.309 e. The van der Waals surface area contributed by atoms with E-state index in [1.54, 1.807) is 0 Å². The highest BCUT2D eigenvalue weighted by atomic mass is 16.6. The summed E-state index contributed by atoms with van der Waals surface area (Å²) in [5.41, 5.74) is 2.19. The van der Waals surface area contributed by atoms with Crippen LogP contribution < -0.4 is 0 Å². The molecular weight excluding hydrogens is 228 g/mol. The molecule has 0 aromatic rings. The Kier molecular flexibility index (Phi) is 3.91. The molecule has 3 heteroatoms. The first-order valence-electron chi connectivity index (χ1n) is 6.71. The van der Waals surface area contributed by atoms with Crippen LogP contribution >= 0.6 is 0 Å². The molecule has 0 unspecified atom stereocenters. The number of carbonyl (C=O) groups is 1. The molecule has 100 valence electrons. The third-order valence-corrected chi connectivity index (χ3v) is 4.20. The van der Waals surface area contributed by atoms with Crippen LogP contribution in [0.25, 0.3) is 0 Å². The molecule has 4 atom stereocenters. The van der Waals surface area contributed by atoms with Crippen LogP contribution in [0.15, 0.2) is 23.3 Å². The van der Waals surface area contributed by atoms with Crippen molar-refractivity contribution in [3.8, 4) is 0 Å². The molecule has 1 fully saturated rings. The number of fused-ring (bicyclic) bond motifs is 1. The SMILES string of the molecule is C/C1=C\C[C@@H](O)/C(C)=C/[C@H]2OC(=O)[C@@H](C)[C@H]2CC1. The van der Waals surface area contributed by atoms with E-state index in [4.69, 9.17) is 4.74 Å². The highest BCUT2D eigenvalue weighted by Gasteiger charge is 2.40. The Bertz CT molecular complexity index is 395. The van der Waals surface area contributed by atoms with E-state index in [0.29, 0.717) is 6.42 Å². The molecule has 0 bridgehead atoms. The molecule has 0 amide bonds. The van der Waals surface area contributed by atoms with Gasteiger partial charge >= 0.3 is 5.97 Å². The van der Waals surface area contributed by atoms with E-state index in [1.165, 1.54) is 5.57 Å². The number of hydrogen-bond acceptors (Lipinski definition) is 3. The van der Waals surface area contributed by atoms with Crippen LogP contribution in [-0.2, 0) is 9.53 Å². The molecule has 1 aliphatic heterocycles. The van der Waals surface area contributed by atoms with E-state index in [1.807, 2.05) is 19.9 Å². The average Bonchev–Trinajstić information content (AvgIpc) is 2.59. The van der Waals surface area contributed by atoms with Crippen molar-refractivity contribution in [2.45, 2.75) is 52.2 Å². The number of esters is 1. The van der Waals surface area contributed by atoms with Crippen molar-refractivity contribution in [2.75, 3.05) is 0 Å². The van der Waals surface area contributed by atoms with Crippen molar-refractivity contribution in [3.05, 3.63) is 23.3 Å². The van der Waals surface area contributed by atoms with Crippen LogP contribution in [0.2, 0.25) is 0 Å². The van der Waals surface area contributed by atoms with Gasteiger partial charge in [-0.25, -0.2) is 0 Å². The van der Waals surface area contributed by atoms with Crippen molar-refractivity contribution in [3.63, 3.8) is 0 Å². The first-order chi connectivity index (χ1) is 8.49. The van der Waals surface area contributed by atoms with Gasteiger partial charge in [-0.05, 0) is 44.8 Å². The summed E-state index contributed by atoms with van der Waals surface area (Å²) in [5, 5.41) is 10.0. The first-order valence-corrected chi connectivity index (χ1v) is 6.71. The van der Waals surface area contributed by atoms with E-state index >= 15 is 0 Å². The number of ether oxygens (including phenoxy) is 1. The first kappa shape index (κ1) is 13.3. The van der Waals surface area contributed by atoms with Gasteiger partial charge in [0, 0.05) is 5.92 Å². The summed E-state index contributed by atoms with van der Waals surface area (Å²) in [6.45, 7) is 5.94. The minimum atomic E-state index is -0.465. The molecule has 1 N–H and O–H groups in total. The van der Waals surface area contributed by atoms with Crippen molar-refractivity contribution < 1.29 is 14.6 Å². The summed E-state index contributed by atoms with van der Waals surface area (Å²) in [7, 11) is 0. The second kappa shape index (κ2) is 5.27. The minimum absolute atomic E-state index is 0.0385. The van der Waals surface area contributed by atoms with Crippen LogP contribution in [0.5, 0.6) is 0 Å². The maximum absolute atomic E-state index is 11.7. The van der Waals surface area contributed by atoms with Gasteiger partial charge in [0.1, 0.15) is 6.10 Å². The molecule has 2 rings (SSSR count). The number of aliphatic hydroxyl groups is 1. The normalized spacial score (nSPS) is 43.2. The molecule has 3 nitrogen and oxygen atoms in total. The van der Waals surface area contributed by atoms with Crippen molar-refractivity contribution in [2.24, 2.45) is 11.8 Å². The Morgan fingerprint density at radius 2 is 2.11 bits per heavy atom. The van der Waals surface area contributed by atoms with Gasteiger partial charge < -0.3 is 9.84 Å². The summed E-state index contributed by atoms with van der Waals surface area (Å²) in [4.78, 5) is 11.7. The van der Waals surface area contributed by atoms with E-state index < -0.39 is 6.10 Å².